The molecule has 0 aliphatic rings. The Morgan fingerprint density at radius 2 is 2.25 bits per heavy atom. The smallest absolute Gasteiger partial charge is 0.296 e. The van der Waals surface area contributed by atoms with E-state index in [9.17, 15) is 13.6 Å². The summed E-state index contributed by atoms with van der Waals surface area (Å²) in [6.07, 6.45) is -3.62. The minimum absolute atomic E-state index is 0.141. The van der Waals surface area contributed by atoms with Crippen LogP contribution in [0.15, 0.2) is 27.2 Å². The first-order valence-electron chi connectivity index (χ1n) is 5.48. The Morgan fingerprint density at radius 3 is 2.85 bits per heavy atom. The van der Waals surface area contributed by atoms with Gasteiger partial charge in [-0.15, -0.1) is 0 Å². The van der Waals surface area contributed by atoms with E-state index in [4.69, 9.17) is 9.26 Å². The molecule has 0 aliphatic heterocycles. The second-order valence-electron chi connectivity index (χ2n) is 3.80. The van der Waals surface area contributed by atoms with Crippen LogP contribution in [0.4, 0.5) is 8.78 Å². The van der Waals surface area contributed by atoms with Gasteiger partial charge in [0.15, 0.2) is 0 Å². The molecule has 5 nitrogen and oxygen atoms in total. The second-order valence-corrected chi connectivity index (χ2v) is 4.66. The molecule has 0 radical (unpaired) electrons. The number of carbonyl (C=O) groups is 1. The van der Waals surface area contributed by atoms with E-state index >= 15 is 0 Å². The molecule has 8 heteroatoms. The number of nitrogens with zero attached hydrogens (tertiary/aromatic N) is 2. The van der Waals surface area contributed by atoms with Crippen molar-refractivity contribution in [3.8, 4) is 17.1 Å². The zero-order valence-corrected chi connectivity index (χ0v) is 11.9. The summed E-state index contributed by atoms with van der Waals surface area (Å²) >= 11 is 3.31. The molecule has 1 aromatic carbocycles. The van der Waals surface area contributed by atoms with Crippen molar-refractivity contribution in [2.24, 2.45) is 0 Å². The highest BCUT2D eigenvalue weighted by Crippen LogP contribution is 2.29. The molecule has 0 saturated heterocycles. The van der Waals surface area contributed by atoms with Gasteiger partial charge >= 0.3 is 0 Å². The van der Waals surface area contributed by atoms with E-state index in [0.717, 1.165) is 0 Å². The van der Waals surface area contributed by atoms with Crippen LogP contribution < -0.4 is 4.74 Å². The Bertz CT molecular complexity index is 631. The van der Waals surface area contributed by atoms with E-state index in [1.807, 2.05) is 0 Å². The van der Waals surface area contributed by atoms with Crippen LogP contribution in [0, 0.1) is 0 Å². The lowest BCUT2D eigenvalue weighted by Crippen LogP contribution is -2.12. The fraction of sp³-hybridized carbons (Fsp3) is 0.250. The number of ketones is 1. The SMILES string of the molecule is COc1ccc(-c2noc(CC(=O)C(F)F)n2)cc1Br. The summed E-state index contributed by atoms with van der Waals surface area (Å²) in [4.78, 5) is 14.8. The van der Waals surface area contributed by atoms with Crippen molar-refractivity contribution in [3.05, 3.63) is 28.6 Å². The molecule has 1 aromatic heterocycles. The number of rotatable bonds is 5. The van der Waals surface area contributed by atoms with Gasteiger partial charge < -0.3 is 9.26 Å². The number of methoxy groups -OCH3 is 1. The van der Waals surface area contributed by atoms with Crippen LogP contribution in [0.25, 0.3) is 11.4 Å². The summed E-state index contributed by atoms with van der Waals surface area (Å²) in [6.45, 7) is 0. The van der Waals surface area contributed by atoms with Gasteiger partial charge in [-0.05, 0) is 34.1 Å². The molecular formula is C12H9BrF2N2O3. The van der Waals surface area contributed by atoms with E-state index in [1.165, 1.54) is 7.11 Å². The first-order chi connectivity index (χ1) is 9.51. The lowest BCUT2D eigenvalue weighted by atomic mass is 10.2. The van der Waals surface area contributed by atoms with Gasteiger partial charge in [0.1, 0.15) is 5.75 Å². The summed E-state index contributed by atoms with van der Waals surface area (Å²) in [5, 5.41) is 3.65. The molecule has 0 fully saturated rings. The van der Waals surface area contributed by atoms with Gasteiger partial charge in [-0.1, -0.05) is 5.16 Å². The summed E-state index contributed by atoms with van der Waals surface area (Å²) in [7, 11) is 1.53. The van der Waals surface area contributed by atoms with Crippen LogP contribution in [0.3, 0.4) is 0 Å². The highest BCUT2D eigenvalue weighted by atomic mass is 79.9. The molecule has 0 bridgehead atoms. The number of carbonyl (C=O) groups excluding carboxylic acids is 1. The maximum absolute atomic E-state index is 12.1. The van der Waals surface area contributed by atoms with E-state index in [1.54, 1.807) is 18.2 Å². The number of hydrogen-bond acceptors (Lipinski definition) is 5. The largest absolute Gasteiger partial charge is 0.496 e. The minimum Gasteiger partial charge on any atom is -0.496 e. The lowest BCUT2D eigenvalue weighted by Gasteiger charge is -2.03. The molecule has 0 N–H and O–H groups in total. The van der Waals surface area contributed by atoms with Crippen molar-refractivity contribution in [1.82, 2.24) is 10.1 Å². The Balaban J connectivity index is 2.20. The fourth-order valence-electron chi connectivity index (χ4n) is 1.48. The number of hydrogen-bond donors (Lipinski definition) is 0. The highest BCUT2D eigenvalue weighted by Gasteiger charge is 2.20. The monoisotopic (exact) mass is 346 g/mol. The van der Waals surface area contributed by atoms with Crippen LogP contribution in [0.2, 0.25) is 0 Å². The van der Waals surface area contributed by atoms with Gasteiger partial charge in [-0.2, -0.15) is 4.98 Å². The van der Waals surface area contributed by atoms with Gasteiger partial charge in [0.05, 0.1) is 18.0 Å². The minimum atomic E-state index is -3.04. The number of Topliss-reactive ketones (excluding diaryl/α,β-unsaturated/α-hetero) is 1. The Kier molecular flexibility index (Phi) is 4.43. The predicted octanol–water partition coefficient (Wildman–Crippen LogP) is 2.88. The van der Waals surface area contributed by atoms with Gasteiger partial charge in [0.2, 0.25) is 17.5 Å². The van der Waals surface area contributed by atoms with Gasteiger partial charge in [-0.3, -0.25) is 4.79 Å². The first-order valence-corrected chi connectivity index (χ1v) is 6.28. The maximum atomic E-state index is 12.1. The number of aromatic nitrogens is 2. The first kappa shape index (κ1) is 14.6. The third-order valence-corrected chi connectivity index (χ3v) is 3.07. The molecule has 0 aliphatic carbocycles. The number of halogens is 3. The average molecular weight is 347 g/mol. The third-order valence-electron chi connectivity index (χ3n) is 2.45. The average Bonchev–Trinajstić information content (AvgIpc) is 2.87. The topological polar surface area (TPSA) is 65.2 Å². The molecule has 106 valence electrons. The summed E-state index contributed by atoms with van der Waals surface area (Å²) in [5.74, 6) is -0.552. The molecule has 0 amide bonds. The maximum Gasteiger partial charge on any atom is 0.296 e. The molecule has 2 rings (SSSR count). The highest BCUT2D eigenvalue weighted by molar-refractivity contribution is 9.10. The van der Waals surface area contributed by atoms with Crippen molar-refractivity contribution in [3.63, 3.8) is 0 Å². The molecule has 20 heavy (non-hydrogen) atoms. The van der Waals surface area contributed by atoms with Crippen molar-refractivity contribution < 1.29 is 22.8 Å². The van der Waals surface area contributed by atoms with Gasteiger partial charge in [-0.25, -0.2) is 8.78 Å². The fourth-order valence-corrected chi connectivity index (χ4v) is 2.02. The predicted molar refractivity (Wildman–Crippen MR) is 68.7 cm³/mol. The van der Waals surface area contributed by atoms with Crippen LogP contribution in [-0.4, -0.2) is 29.5 Å². The van der Waals surface area contributed by atoms with Crippen LogP contribution >= 0.6 is 15.9 Å². The molecule has 0 unspecified atom stereocenters. The molecule has 0 saturated carbocycles. The Labute approximate surface area is 121 Å². The van der Waals surface area contributed by atoms with Crippen LogP contribution in [-0.2, 0) is 11.2 Å². The van der Waals surface area contributed by atoms with Crippen molar-refractivity contribution in [2.45, 2.75) is 12.8 Å². The molecular weight excluding hydrogens is 338 g/mol. The Hall–Kier alpha value is -1.83. The standard InChI is InChI=1S/C12H9BrF2N2O3/c1-19-9-3-2-6(4-7(9)13)12-16-10(20-17-12)5-8(18)11(14)15/h2-4,11H,5H2,1H3. The quantitative estimate of drug-likeness (QED) is 0.832. The summed E-state index contributed by atoms with van der Waals surface area (Å²) in [5.41, 5.74) is 0.608. The van der Waals surface area contributed by atoms with Crippen LogP contribution in [0.1, 0.15) is 5.89 Å². The van der Waals surface area contributed by atoms with Gasteiger partial charge in [0.25, 0.3) is 6.43 Å². The number of benzene rings is 1. The zero-order chi connectivity index (χ0) is 14.7. The van der Waals surface area contributed by atoms with Crippen LogP contribution in [0.5, 0.6) is 5.75 Å². The summed E-state index contributed by atoms with van der Waals surface area (Å²) in [6, 6.07) is 5.08. The van der Waals surface area contributed by atoms with E-state index in [-0.39, 0.29) is 11.7 Å². The Morgan fingerprint density at radius 1 is 1.50 bits per heavy atom. The van der Waals surface area contributed by atoms with E-state index in [0.29, 0.717) is 15.8 Å². The third kappa shape index (κ3) is 3.19. The summed E-state index contributed by atoms with van der Waals surface area (Å²) < 4.78 is 34.8. The van der Waals surface area contributed by atoms with Crippen molar-refractivity contribution in [1.29, 1.82) is 0 Å². The van der Waals surface area contributed by atoms with Crippen molar-refractivity contribution >= 4 is 21.7 Å². The zero-order valence-electron chi connectivity index (χ0n) is 10.3. The molecule has 2 aromatic rings. The lowest BCUT2D eigenvalue weighted by molar-refractivity contribution is -0.129. The second kappa shape index (κ2) is 6.08. The number of alkyl halides is 2. The van der Waals surface area contributed by atoms with E-state index in [2.05, 4.69) is 26.1 Å². The molecule has 0 atom stereocenters. The van der Waals surface area contributed by atoms with Gasteiger partial charge in [0, 0.05) is 5.56 Å². The number of ether oxygens (including phenoxy) is 1. The molecule has 0 spiro atoms. The van der Waals surface area contributed by atoms with Crippen molar-refractivity contribution in [2.75, 3.05) is 7.11 Å². The normalized spacial score (nSPS) is 10.8. The van der Waals surface area contributed by atoms with E-state index < -0.39 is 18.6 Å². The molecule has 1 heterocycles.